The fourth-order valence-electron chi connectivity index (χ4n) is 4.25. The molecule has 0 bridgehead atoms. The molecular weight excluding hydrogens is 396 g/mol. The van der Waals surface area contributed by atoms with Gasteiger partial charge in [0.05, 0.1) is 22.2 Å². The summed E-state index contributed by atoms with van der Waals surface area (Å²) in [6.07, 6.45) is 4.96. The van der Waals surface area contributed by atoms with Crippen molar-refractivity contribution in [1.82, 2.24) is 19.2 Å². The lowest BCUT2D eigenvalue weighted by Crippen LogP contribution is -2.34. The van der Waals surface area contributed by atoms with E-state index in [0.29, 0.717) is 22.1 Å². The second-order valence-electron chi connectivity index (χ2n) is 8.18. The highest BCUT2D eigenvalue weighted by atomic mass is 32.2. The average molecular weight is 421 g/mol. The van der Waals surface area contributed by atoms with Crippen LogP contribution in [0, 0.1) is 6.92 Å². The first kappa shape index (κ1) is 19.3. The fourth-order valence-corrected chi connectivity index (χ4v) is 5.35. The molecule has 0 atom stereocenters. The molecule has 7 heteroatoms. The van der Waals surface area contributed by atoms with Crippen LogP contribution in [0.1, 0.15) is 37.7 Å². The molecule has 0 radical (unpaired) electrons. The Hall–Kier alpha value is -2.64. The Balaban J connectivity index is 1.67. The number of aryl methyl sites for hydroxylation is 1. The zero-order chi connectivity index (χ0) is 20.7. The number of para-hydroxylation sites is 1. The molecule has 0 unspecified atom stereocenters. The number of thioether (sulfide) groups is 1. The first-order valence-corrected chi connectivity index (χ1v) is 11.4. The van der Waals surface area contributed by atoms with E-state index in [1.807, 2.05) is 59.9 Å². The Morgan fingerprint density at radius 2 is 1.77 bits per heavy atom. The summed E-state index contributed by atoms with van der Waals surface area (Å²) in [5, 5.41) is 21.0. The number of benzene rings is 2. The van der Waals surface area contributed by atoms with Gasteiger partial charge in [0.25, 0.3) is 5.56 Å². The van der Waals surface area contributed by atoms with E-state index in [2.05, 4.69) is 10.2 Å². The van der Waals surface area contributed by atoms with Crippen molar-refractivity contribution in [2.75, 3.05) is 5.75 Å². The molecule has 1 aliphatic carbocycles. The van der Waals surface area contributed by atoms with E-state index in [9.17, 15) is 9.90 Å². The summed E-state index contributed by atoms with van der Waals surface area (Å²) in [4.78, 5) is 13.3. The zero-order valence-electron chi connectivity index (χ0n) is 16.9. The predicted octanol–water partition coefficient (Wildman–Crippen LogP) is 4.13. The molecule has 154 valence electrons. The van der Waals surface area contributed by atoms with Crippen LogP contribution < -0.4 is 5.56 Å². The highest BCUT2D eigenvalue weighted by Crippen LogP contribution is 2.33. The van der Waals surface area contributed by atoms with Crippen LogP contribution in [0.2, 0.25) is 0 Å². The van der Waals surface area contributed by atoms with Crippen LogP contribution in [0.4, 0.5) is 0 Å². The number of nitrogens with zero attached hydrogens (tertiary/aromatic N) is 4. The molecular formula is C23H24N4O2S. The molecule has 1 aliphatic rings. The minimum absolute atomic E-state index is 0.114. The summed E-state index contributed by atoms with van der Waals surface area (Å²) < 4.78 is 3.56. The average Bonchev–Trinajstić information content (AvgIpc) is 3.18. The summed E-state index contributed by atoms with van der Waals surface area (Å²) in [6.45, 7) is 2.02. The minimum Gasteiger partial charge on any atom is -0.389 e. The van der Waals surface area contributed by atoms with Crippen LogP contribution in [-0.4, -0.2) is 35.6 Å². The summed E-state index contributed by atoms with van der Waals surface area (Å²) in [5.74, 6) is 1.06. The van der Waals surface area contributed by atoms with Gasteiger partial charge in [-0.2, -0.15) is 0 Å². The summed E-state index contributed by atoms with van der Waals surface area (Å²) >= 11 is 1.51. The third-order valence-electron chi connectivity index (χ3n) is 5.94. The molecule has 1 saturated carbocycles. The molecule has 1 N–H and O–H groups in total. The van der Waals surface area contributed by atoms with Crippen molar-refractivity contribution >= 4 is 28.4 Å². The number of fused-ring (bicyclic) bond motifs is 3. The Morgan fingerprint density at radius 1 is 1.03 bits per heavy atom. The quantitative estimate of drug-likeness (QED) is 0.503. The Kier molecular flexibility index (Phi) is 4.87. The standard InChI is InChI=1S/C23H24N4O2S/c1-16-9-11-17(12-10-16)26-20(28)18-7-3-4-8-19(18)27-21(26)24-25-22(27)30-15-23(29)13-5-2-6-14-23/h3-4,7-12,29H,2,5-6,13-15H2,1H3. The first-order valence-electron chi connectivity index (χ1n) is 10.4. The number of aliphatic hydroxyl groups is 1. The molecule has 2 heterocycles. The van der Waals surface area contributed by atoms with Crippen molar-refractivity contribution in [3.8, 4) is 5.69 Å². The summed E-state index contributed by atoms with van der Waals surface area (Å²) in [6, 6.07) is 15.4. The van der Waals surface area contributed by atoms with Gasteiger partial charge < -0.3 is 5.11 Å². The maximum atomic E-state index is 13.3. The molecule has 2 aromatic heterocycles. The first-order chi connectivity index (χ1) is 14.6. The SMILES string of the molecule is Cc1ccc(-n2c(=O)c3ccccc3n3c(SCC4(O)CCCCC4)nnc23)cc1. The van der Waals surface area contributed by atoms with Crippen molar-refractivity contribution in [1.29, 1.82) is 0 Å². The van der Waals surface area contributed by atoms with E-state index in [4.69, 9.17) is 0 Å². The zero-order valence-corrected chi connectivity index (χ0v) is 17.7. The van der Waals surface area contributed by atoms with Gasteiger partial charge >= 0.3 is 0 Å². The highest BCUT2D eigenvalue weighted by molar-refractivity contribution is 7.99. The maximum absolute atomic E-state index is 13.3. The Morgan fingerprint density at radius 3 is 2.53 bits per heavy atom. The van der Waals surface area contributed by atoms with Gasteiger partial charge in [0.2, 0.25) is 5.78 Å². The lowest BCUT2D eigenvalue weighted by Gasteiger charge is -2.31. The Labute approximate surface area is 178 Å². The van der Waals surface area contributed by atoms with Gasteiger partial charge in [0.15, 0.2) is 5.16 Å². The predicted molar refractivity (Wildman–Crippen MR) is 120 cm³/mol. The van der Waals surface area contributed by atoms with E-state index in [1.165, 1.54) is 18.2 Å². The smallest absolute Gasteiger partial charge is 0.267 e. The number of rotatable bonds is 4. The van der Waals surface area contributed by atoms with Crippen LogP contribution in [0.25, 0.3) is 22.4 Å². The number of aromatic nitrogens is 4. The van der Waals surface area contributed by atoms with E-state index >= 15 is 0 Å². The van der Waals surface area contributed by atoms with E-state index in [0.717, 1.165) is 42.5 Å². The number of hydrogen-bond acceptors (Lipinski definition) is 5. The van der Waals surface area contributed by atoms with E-state index in [-0.39, 0.29) is 5.56 Å². The summed E-state index contributed by atoms with van der Waals surface area (Å²) in [7, 11) is 0. The third-order valence-corrected chi connectivity index (χ3v) is 7.15. The van der Waals surface area contributed by atoms with Crippen molar-refractivity contribution in [3.63, 3.8) is 0 Å². The van der Waals surface area contributed by atoms with Gasteiger partial charge in [-0.1, -0.05) is 60.9 Å². The lowest BCUT2D eigenvalue weighted by atomic mass is 9.86. The molecule has 5 rings (SSSR count). The largest absolute Gasteiger partial charge is 0.389 e. The van der Waals surface area contributed by atoms with Gasteiger partial charge in [-0.3, -0.25) is 9.20 Å². The molecule has 0 spiro atoms. The fraction of sp³-hybridized carbons (Fsp3) is 0.348. The topological polar surface area (TPSA) is 72.4 Å². The van der Waals surface area contributed by atoms with Crippen LogP contribution in [-0.2, 0) is 0 Å². The highest BCUT2D eigenvalue weighted by Gasteiger charge is 2.30. The van der Waals surface area contributed by atoms with E-state index < -0.39 is 5.60 Å². The molecule has 6 nitrogen and oxygen atoms in total. The minimum atomic E-state index is -0.657. The monoisotopic (exact) mass is 420 g/mol. The summed E-state index contributed by atoms with van der Waals surface area (Å²) in [5.41, 5.74) is 1.90. The van der Waals surface area contributed by atoms with Crippen molar-refractivity contribution in [2.45, 2.75) is 49.8 Å². The van der Waals surface area contributed by atoms with Gasteiger partial charge in [0, 0.05) is 5.75 Å². The van der Waals surface area contributed by atoms with E-state index in [1.54, 1.807) is 4.57 Å². The maximum Gasteiger partial charge on any atom is 0.267 e. The molecule has 4 aromatic rings. The number of hydrogen-bond donors (Lipinski definition) is 1. The van der Waals surface area contributed by atoms with Gasteiger partial charge in [0.1, 0.15) is 0 Å². The molecule has 0 amide bonds. The Bertz CT molecular complexity index is 1270. The molecule has 1 fully saturated rings. The van der Waals surface area contributed by atoms with Crippen LogP contribution in [0.15, 0.2) is 58.5 Å². The van der Waals surface area contributed by atoms with Gasteiger partial charge in [-0.05, 0) is 44.0 Å². The molecule has 30 heavy (non-hydrogen) atoms. The van der Waals surface area contributed by atoms with Crippen molar-refractivity contribution in [2.24, 2.45) is 0 Å². The van der Waals surface area contributed by atoms with Crippen LogP contribution in [0.5, 0.6) is 0 Å². The second kappa shape index (κ2) is 7.56. The van der Waals surface area contributed by atoms with Crippen LogP contribution in [0.3, 0.4) is 0 Å². The van der Waals surface area contributed by atoms with Gasteiger partial charge in [-0.25, -0.2) is 4.57 Å². The van der Waals surface area contributed by atoms with Crippen molar-refractivity contribution < 1.29 is 5.11 Å². The third kappa shape index (κ3) is 3.32. The molecule has 0 aliphatic heterocycles. The van der Waals surface area contributed by atoms with Crippen LogP contribution >= 0.6 is 11.8 Å². The second-order valence-corrected chi connectivity index (χ2v) is 9.13. The van der Waals surface area contributed by atoms with Gasteiger partial charge in [-0.15, -0.1) is 10.2 Å². The normalized spacial score (nSPS) is 16.3. The molecule has 0 saturated heterocycles. The molecule has 2 aromatic carbocycles. The van der Waals surface area contributed by atoms with Crippen molar-refractivity contribution in [3.05, 3.63) is 64.4 Å². The lowest BCUT2D eigenvalue weighted by molar-refractivity contribution is 0.0272.